The molecule has 21 heavy (non-hydrogen) atoms. The average molecular weight is 307 g/mol. The van der Waals surface area contributed by atoms with Gasteiger partial charge in [0.1, 0.15) is 5.75 Å². The maximum atomic E-state index is 10.6. The number of carbonyl (C=O) groups is 1. The fraction of sp³-hybridized carbons (Fsp3) is 0.200. The summed E-state index contributed by atoms with van der Waals surface area (Å²) in [6.07, 6.45) is 5.89. The standard InChI is InChI=1S/C15H15ClN2O3/c1-10(2)18-9-13(8-17-18)21-14-7-12(16)5-3-11(14)4-6-15(19)20/h3-10H,1-2H3,(H,19,20)/b6-4+. The van der Waals surface area contributed by atoms with Crippen molar-refractivity contribution < 1.29 is 14.6 Å². The summed E-state index contributed by atoms with van der Waals surface area (Å²) in [5.41, 5.74) is 0.624. The number of aromatic nitrogens is 2. The van der Waals surface area contributed by atoms with Crippen molar-refractivity contribution in [1.29, 1.82) is 0 Å². The Morgan fingerprint density at radius 2 is 2.24 bits per heavy atom. The highest BCUT2D eigenvalue weighted by molar-refractivity contribution is 6.30. The van der Waals surface area contributed by atoms with E-state index >= 15 is 0 Å². The van der Waals surface area contributed by atoms with Crippen LogP contribution in [0.2, 0.25) is 5.02 Å². The van der Waals surface area contributed by atoms with Crippen molar-refractivity contribution >= 4 is 23.6 Å². The van der Waals surface area contributed by atoms with E-state index in [4.69, 9.17) is 21.4 Å². The van der Waals surface area contributed by atoms with Crippen molar-refractivity contribution in [3.8, 4) is 11.5 Å². The molecule has 110 valence electrons. The molecule has 1 aromatic heterocycles. The molecule has 0 fully saturated rings. The highest BCUT2D eigenvalue weighted by atomic mass is 35.5. The van der Waals surface area contributed by atoms with Crippen LogP contribution in [0, 0.1) is 0 Å². The Hall–Kier alpha value is -2.27. The predicted molar refractivity (Wildman–Crippen MR) is 80.8 cm³/mol. The van der Waals surface area contributed by atoms with Crippen LogP contribution < -0.4 is 4.74 Å². The van der Waals surface area contributed by atoms with Gasteiger partial charge in [0.05, 0.1) is 12.4 Å². The number of benzene rings is 1. The molecule has 0 spiro atoms. The molecular formula is C15H15ClN2O3. The largest absolute Gasteiger partial charge is 0.478 e. The third kappa shape index (κ3) is 4.10. The number of nitrogens with zero attached hydrogens (tertiary/aromatic N) is 2. The van der Waals surface area contributed by atoms with Gasteiger partial charge >= 0.3 is 5.97 Å². The van der Waals surface area contributed by atoms with Crippen LogP contribution in [0.4, 0.5) is 0 Å². The Labute approximate surface area is 127 Å². The molecule has 0 aliphatic heterocycles. The van der Waals surface area contributed by atoms with Crippen LogP contribution in [-0.2, 0) is 4.79 Å². The number of rotatable bonds is 5. The molecular weight excluding hydrogens is 292 g/mol. The third-order valence-electron chi connectivity index (χ3n) is 2.72. The van der Waals surface area contributed by atoms with Crippen LogP contribution in [-0.4, -0.2) is 20.9 Å². The average Bonchev–Trinajstić information content (AvgIpc) is 2.86. The topological polar surface area (TPSA) is 64.3 Å². The van der Waals surface area contributed by atoms with Crippen LogP contribution in [0.1, 0.15) is 25.5 Å². The van der Waals surface area contributed by atoms with Gasteiger partial charge in [-0.1, -0.05) is 11.6 Å². The molecule has 1 heterocycles. The first-order valence-electron chi connectivity index (χ1n) is 6.38. The normalized spacial score (nSPS) is 11.2. The summed E-state index contributed by atoms with van der Waals surface area (Å²) >= 11 is 5.96. The van der Waals surface area contributed by atoms with Gasteiger partial charge in [0.2, 0.25) is 0 Å². The molecule has 0 radical (unpaired) electrons. The summed E-state index contributed by atoms with van der Waals surface area (Å²) in [7, 11) is 0. The zero-order chi connectivity index (χ0) is 15.4. The van der Waals surface area contributed by atoms with Crippen LogP contribution in [0.3, 0.4) is 0 Å². The number of carboxylic acid groups (broad SMARTS) is 1. The monoisotopic (exact) mass is 306 g/mol. The lowest BCUT2D eigenvalue weighted by Crippen LogP contribution is -1.99. The van der Waals surface area contributed by atoms with Gasteiger partial charge in [-0.15, -0.1) is 0 Å². The zero-order valence-electron chi connectivity index (χ0n) is 11.7. The summed E-state index contributed by atoms with van der Waals surface area (Å²) in [5, 5.41) is 13.4. The molecule has 0 saturated heterocycles. The maximum Gasteiger partial charge on any atom is 0.328 e. The number of halogens is 1. The van der Waals surface area contributed by atoms with Gasteiger partial charge in [-0.25, -0.2) is 4.79 Å². The van der Waals surface area contributed by atoms with Crippen molar-refractivity contribution in [3.05, 3.63) is 47.3 Å². The van der Waals surface area contributed by atoms with Gasteiger partial charge in [-0.2, -0.15) is 5.10 Å². The summed E-state index contributed by atoms with van der Waals surface area (Å²) in [4.78, 5) is 10.6. The number of ether oxygens (including phenoxy) is 1. The van der Waals surface area contributed by atoms with Gasteiger partial charge in [0.15, 0.2) is 5.75 Å². The van der Waals surface area contributed by atoms with E-state index < -0.39 is 5.97 Å². The smallest absolute Gasteiger partial charge is 0.328 e. The lowest BCUT2D eigenvalue weighted by Gasteiger charge is -2.08. The molecule has 0 bridgehead atoms. The Bertz CT molecular complexity index is 677. The molecule has 0 amide bonds. The Balaban J connectivity index is 2.28. The fourth-order valence-electron chi connectivity index (χ4n) is 1.68. The van der Waals surface area contributed by atoms with E-state index in [2.05, 4.69) is 5.10 Å². The van der Waals surface area contributed by atoms with E-state index in [1.807, 2.05) is 13.8 Å². The van der Waals surface area contributed by atoms with Gasteiger partial charge < -0.3 is 9.84 Å². The lowest BCUT2D eigenvalue weighted by atomic mass is 10.2. The summed E-state index contributed by atoms with van der Waals surface area (Å²) in [6.45, 7) is 4.02. The third-order valence-corrected chi connectivity index (χ3v) is 2.95. The second-order valence-corrected chi connectivity index (χ2v) is 5.14. The van der Waals surface area contributed by atoms with Crippen LogP contribution in [0.5, 0.6) is 11.5 Å². The molecule has 5 nitrogen and oxygen atoms in total. The van der Waals surface area contributed by atoms with Gasteiger partial charge in [-0.05, 0) is 32.1 Å². The molecule has 0 atom stereocenters. The Morgan fingerprint density at radius 1 is 1.48 bits per heavy atom. The summed E-state index contributed by atoms with van der Waals surface area (Å²) < 4.78 is 7.51. The van der Waals surface area contributed by atoms with Crippen molar-refractivity contribution in [2.24, 2.45) is 0 Å². The lowest BCUT2D eigenvalue weighted by molar-refractivity contribution is -0.131. The molecule has 1 N–H and O–H groups in total. The zero-order valence-corrected chi connectivity index (χ0v) is 12.4. The van der Waals surface area contributed by atoms with E-state index in [1.165, 1.54) is 6.08 Å². The molecule has 2 rings (SSSR count). The first-order chi connectivity index (χ1) is 9.95. The molecule has 1 aromatic carbocycles. The van der Waals surface area contributed by atoms with Crippen molar-refractivity contribution in [2.45, 2.75) is 19.9 Å². The van der Waals surface area contributed by atoms with E-state index in [-0.39, 0.29) is 6.04 Å². The summed E-state index contributed by atoms with van der Waals surface area (Å²) in [5.74, 6) is 0.0165. The molecule has 0 aliphatic rings. The predicted octanol–water partition coefficient (Wildman–Crippen LogP) is 4.01. The van der Waals surface area contributed by atoms with Crippen LogP contribution >= 0.6 is 11.6 Å². The van der Waals surface area contributed by atoms with Gasteiger partial charge in [-0.3, -0.25) is 4.68 Å². The Morgan fingerprint density at radius 3 is 2.86 bits per heavy atom. The van der Waals surface area contributed by atoms with Gasteiger partial charge in [0, 0.05) is 28.8 Å². The first kappa shape index (κ1) is 15.1. The molecule has 0 aliphatic carbocycles. The van der Waals surface area contributed by atoms with E-state index in [9.17, 15) is 4.79 Å². The summed E-state index contributed by atoms with van der Waals surface area (Å²) in [6, 6.07) is 5.24. The van der Waals surface area contributed by atoms with E-state index in [1.54, 1.807) is 35.3 Å². The maximum absolute atomic E-state index is 10.6. The van der Waals surface area contributed by atoms with Crippen LogP contribution in [0.15, 0.2) is 36.7 Å². The minimum absolute atomic E-state index is 0.230. The highest BCUT2D eigenvalue weighted by Crippen LogP contribution is 2.29. The number of hydrogen-bond donors (Lipinski definition) is 1. The van der Waals surface area contributed by atoms with E-state index in [0.717, 1.165) is 6.08 Å². The van der Waals surface area contributed by atoms with Crippen molar-refractivity contribution in [2.75, 3.05) is 0 Å². The van der Waals surface area contributed by atoms with E-state index in [0.29, 0.717) is 22.1 Å². The van der Waals surface area contributed by atoms with Crippen molar-refractivity contribution in [1.82, 2.24) is 9.78 Å². The number of carboxylic acids is 1. The number of hydrogen-bond acceptors (Lipinski definition) is 3. The van der Waals surface area contributed by atoms with Crippen LogP contribution in [0.25, 0.3) is 6.08 Å². The quantitative estimate of drug-likeness (QED) is 0.848. The molecule has 0 saturated carbocycles. The van der Waals surface area contributed by atoms with Gasteiger partial charge in [0.25, 0.3) is 0 Å². The second kappa shape index (κ2) is 6.45. The Kier molecular flexibility index (Phi) is 4.65. The second-order valence-electron chi connectivity index (χ2n) is 4.71. The first-order valence-corrected chi connectivity index (χ1v) is 6.76. The minimum atomic E-state index is -1.02. The molecule has 0 unspecified atom stereocenters. The number of aliphatic carboxylic acids is 1. The SMILES string of the molecule is CC(C)n1cc(Oc2cc(Cl)ccc2/C=C/C(=O)O)cn1. The molecule has 6 heteroatoms. The fourth-order valence-corrected chi connectivity index (χ4v) is 1.84. The molecule has 2 aromatic rings. The van der Waals surface area contributed by atoms with Crippen molar-refractivity contribution in [3.63, 3.8) is 0 Å². The minimum Gasteiger partial charge on any atom is -0.478 e. The highest BCUT2D eigenvalue weighted by Gasteiger charge is 2.08.